The number of carbonyl (C=O) groups excluding carboxylic acids is 1. The number of likely N-dealkylation sites (tertiary alicyclic amines) is 1. The number of amides is 1. The molecule has 0 radical (unpaired) electrons. The molecule has 1 N–H and O–H groups in total. The first-order valence-electron chi connectivity index (χ1n) is 9.91. The summed E-state index contributed by atoms with van der Waals surface area (Å²) in [6, 6.07) is 6.21. The molecule has 2 heterocycles. The zero-order chi connectivity index (χ0) is 19.4. The SMILES string of the molecule is O=C(O)[C@H]1CN(C(=O)c2nn(-c3cccc(F)c3)c3c2CCC3)C[C@@H]1C1CC1. The van der Waals surface area contributed by atoms with Gasteiger partial charge < -0.3 is 10.0 Å². The Morgan fingerprint density at radius 3 is 2.71 bits per heavy atom. The average molecular weight is 383 g/mol. The van der Waals surface area contributed by atoms with Crippen LogP contribution in [0.1, 0.15) is 41.0 Å². The van der Waals surface area contributed by atoms with Crippen molar-refractivity contribution in [3.05, 3.63) is 47.0 Å². The third-order valence-electron chi connectivity index (χ3n) is 6.38. The lowest BCUT2D eigenvalue weighted by Gasteiger charge is -2.15. The van der Waals surface area contributed by atoms with Gasteiger partial charge in [0.15, 0.2) is 5.69 Å². The molecule has 5 rings (SSSR count). The Bertz CT molecular complexity index is 966. The van der Waals surface area contributed by atoms with E-state index >= 15 is 0 Å². The van der Waals surface area contributed by atoms with Crippen LogP contribution in [0.15, 0.2) is 24.3 Å². The van der Waals surface area contributed by atoms with Crippen molar-refractivity contribution in [2.24, 2.45) is 17.8 Å². The third kappa shape index (κ3) is 2.80. The van der Waals surface area contributed by atoms with Crippen LogP contribution >= 0.6 is 0 Å². The zero-order valence-corrected chi connectivity index (χ0v) is 15.5. The molecule has 7 heteroatoms. The predicted octanol–water partition coefficient (Wildman–Crippen LogP) is 2.68. The topological polar surface area (TPSA) is 75.4 Å². The molecule has 0 spiro atoms. The predicted molar refractivity (Wildman–Crippen MR) is 98.8 cm³/mol. The van der Waals surface area contributed by atoms with Crippen LogP contribution in [-0.4, -0.2) is 44.8 Å². The minimum atomic E-state index is -0.817. The normalized spacial score (nSPS) is 23.8. The smallest absolute Gasteiger partial charge is 0.308 e. The minimum Gasteiger partial charge on any atom is -0.481 e. The van der Waals surface area contributed by atoms with Gasteiger partial charge in [-0.25, -0.2) is 9.07 Å². The molecule has 1 saturated carbocycles. The largest absolute Gasteiger partial charge is 0.481 e. The number of carbonyl (C=O) groups is 2. The van der Waals surface area contributed by atoms with Crippen molar-refractivity contribution < 1.29 is 19.1 Å². The lowest BCUT2D eigenvalue weighted by molar-refractivity contribution is -0.142. The van der Waals surface area contributed by atoms with Crippen LogP contribution in [0.3, 0.4) is 0 Å². The molecule has 1 saturated heterocycles. The van der Waals surface area contributed by atoms with Crippen molar-refractivity contribution in [3.8, 4) is 5.69 Å². The summed E-state index contributed by atoms with van der Waals surface area (Å²) >= 11 is 0. The Labute approximate surface area is 162 Å². The Hall–Kier alpha value is -2.70. The molecule has 1 aromatic carbocycles. The fraction of sp³-hybridized carbons (Fsp3) is 0.476. The van der Waals surface area contributed by atoms with E-state index in [4.69, 9.17) is 0 Å². The molecular weight excluding hydrogens is 361 g/mol. The molecule has 1 amide bonds. The van der Waals surface area contributed by atoms with E-state index in [0.717, 1.165) is 43.4 Å². The summed E-state index contributed by atoms with van der Waals surface area (Å²) in [4.78, 5) is 26.6. The molecule has 146 valence electrons. The number of nitrogens with zero attached hydrogens (tertiary/aromatic N) is 3. The highest BCUT2D eigenvalue weighted by molar-refractivity contribution is 5.95. The van der Waals surface area contributed by atoms with Crippen LogP contribution in [0.4, 0.5) is 4.39 Å². The number of aromatic nitrogens is 2. The summed E-state index contributed by atoms with van der Waals surface area (Å²) in [6.07, 6.45) is 4.62. The van der Waals surface area contributed by atoms with E-state index in [0.29, 0.717) is 23.8 Å². The van der Waals surface area contributed by atoms with Gasteiger partial charge in [0.05, 0.1) is 11.6 Å². The molecule has 2 fully saturated rings. The second-order valence-electron chi connectivity index (χ2n) is 8.18. The first kappa shape index (κ1) is 17.4. The van der Waals surface area contributed by atoms with Crippen molar-refractivity contribution in [1.82, 2.24) is 14.7 Å². The number of rotatable bonds is 4. The van der Waals surface area contributed by atoms with E-state index < -0.39 is 11.9 Å². The molecule has 6 nitrogen and oxygen atoms in total. The lowest BCUT2D eigenvalue weighted by atomic mass is 9.92. The maximum absolute atomic E-state index is 13.7. The number of hydrogen-bond acceptors (Lipinski definition) is 3. The van der Waals surface area contributed by atoms with Gasteiger partial charge >= 0.3 is 5.97 Å². The average Bonchev–Trinajstić information content (AvgIpc) is 3.10. The molecule has 2 aliphatic carbocycles. The number of aliphatic carboxylic acids is 1. The molecule has 1 aromatic heterocycles. The summed E-state index contributed by atoms with van der Waals surface area (Å²) in [7, 11) is 0. The van der Waals surface area contributed by atoms with E-state index in [1.54, 1.807) is 21.7 Å². The molecule has 0 bridgehead atoms. The molecule has 2 atom stereocenters. The second-order valence-corrected chi connectivity index (χ2v) is 8.18. The summed E-state index contributed by atoms with van der Waals surface area (Å²) in [5, 5.41) is 14.1. The highest BCUT2D eigenvalue weighted by atomic mass is 19.1. The van der Waals surface area contributed by atoms with E-state index in [1.165, 1.54) is 12.1 Å². The first-order valence-corrected chi connectivity index (χ1v) is 9.91. The third-order valence-corrected chi connectivity index (χ3v) is 6.38. The van der Waals surface area contributed by atoms with Crippen LogP contribution in [0, 0.1) is 23.6 Å². The Balaban J connectivity index is 1.47. The summed E-state index contributed by atoms with van der Waals surface area (Å²) < 4.78 is 15.4. The van der Waals surface area contributed by atoms with Crippen molar-refractivity contribution in [2.45, 2.75) is 32.1 Å². The maximum Gasteiger partial charge on any atom is 0.308 e. The van der Waals surface area contributed by atoms with Crippen LogP contribution in [0.25, 0.3) is 5.69 Å². The monoisotopic (exact) mass is 383 g/mol. The van der Waals surface area contributed by atoms with E-state index in [-0.39, 0.29) is 24.2 Å². The second kappa shape index (κ2) is 6.43. The number of benzene rings is 1. The highest BCUT2D eigenvalue weighted by Gasteiger charge is 2.47. The summed E-state index contributed by atoms with van der Waals surface area (Å²) in [5.74, 6) is -1.38. The van der Waals surface area contributed by atoms with Crippen molar-refractivity contribution in [1.29, 1.82) is 0 Å². The van der Waals surface area contributed by atoms with Crippen molar-refractivity contribution in [3.63, 3.8) is 0 Å². The molecule has 28 heavy (non-hydrogen) atoms. The van der Waals surface area contributed by atoms with Gasteiger partial charge in [0.2, 0.25) is 0 Å². The maximum atomic E-state index is 13.7. The van der Waals surface area contributed by atoms with Gasteiger partial charge in [0, 0.05) is 24.3 Å². The fourth-order valence-corrected chi connectivity index (χ4v) is 4.84. The van der Waals surface area contributed by atoms with Gasteiger partial charge in [-0.15, -0.1) is 0 Å². The Kier molecular flexibility index (Phi) is 4.00. The summed E-state index contributed by atoms with van der Waals surface area (Å²) in [5.41, 5.74) is 2.90. The molecule has 1 aliphatic heterocycles. The Morgan fingerprint density at radius 2 is 2.00 bits per heavy atom. The van der Waals surface area contributed by atoms with Crippen molar-refractivity contribution >= 4 is 11.9 Å². The summed E-state index contributed by atoms with van der Waals surface area (Å²) in [6.45, 7) is 0.735. The Morgan fingerprint density at radius 1 is 1.18 bits per heavy atom. The quantitative estimate of drug-likeness (QED) is 0.881. The number of carboxylic acids is 1. The number of hydrogen-bond donors (Lipinski definition) is 1. The highest BCUT2D eigenvalue weighted by Crippen LogP contribution is 2.44. The number of fused-ring (bicyclic) bond motifs is 1. The number of halogens is 1. The molecule has 3 aliphatic rings. The standard InChI is InChI=1S/C21H22FN3O3/c22-13-3-1-4-14(9-13)25-18-6-2-5-15(18)19(23-25)20(26)24-10-16(12-7-8-12)17(11-24)21(27)28/h1,3-4,9,12,16-17H,2,5-8,10-11H2,(H,27,28)/t16-,17+/m1/s1. The van der Waals surface area contributed by atoms with Gasteiger partial charge in [-0.3, -0.25) is 9.59 Å². The van der Waals surface area contributed by atoms with Crippen LogP contribution in [0.2, 0.25) is 0 Å². The number of carboxylic acid groups (broad SMARTS) is 1. The van der Waals surface area contributed by atoms with Gasteiger partial charge in [0.25, 0.3) is 5.91 Å². The zero-order valence-electron chi connectivity index (χ0n) is 15.5. The van der Waals surface area contributed by atoms with Crippen molar-refractivity contribution in [2.75, 3.05) is 13.1 Å². The van der Waals surface area contributed by atoms with Crippen LogP contribution in [-0.2, 0) is 17.6 Å². The van der Waals surface area contributed by atoms with E-state index in [9.17, 15) is 19.1 Å². The van der Waals surface area contributed by atoms with Gasteiger partial charge in [-0.2, -0.15) is 5.10 Å². The van der Waals surface area contributed by atoms with Crippen LogP contribution < -0.4 is 0 Å². The minimum absolute atomic E-state index is 0.0415. The molecule has 2 aromatic rings. The van der Waals surface area contributed by atoms with E-state index in [1.807, 2.05) is 0 Å². The molecular formula is C21H22FN3O3. The van der Waals surface area contributed by atoms with Gasteiger partial charge in [-0.1, -0.05) is 6.07 Å². The van der Waals surface area contributed by atoms with E-state index in [2.05, 4.69) is 5.10 Å². The molecule has 0 unspecified atom stereocenters. The first-order chi connectivity index (χ1) is 13.5. The fourth-order valence-electron chi connectivity index (χ4n) is 4.84. The van der Waals surface area contributed by atoms with Crippen LogP contribution in [0.5, 0.6) is 0 Å². The lowest BCUT2D eigenvalue weighted by Crippen LogP contribution is -2.31. The van der Waals surface area contributed by atoms with Gasteiger partial charge in [-0.05, 0) is 62.1 Å². The van der Waals surface area contributed by atoms with Gasteiger partial charge in [0.1, 0.15) is 5.82 Å².